The highest BCUT2D eigenvalue weighted by molar-refractivity contribution is 7.99. The summed E-state index contributed by atoms with van der Waals surface area (Å²) < 4.78 is 5.59. The van der Waals surface area contributed by atoms with Gasteiger partial charge in [0.15, 0.2) is 6.10 Å². The Hall–Kier alpha value is -3.25. The molecule has 4 rings (SSSR count). The number of rotatable bonds is 4. The van der Waals surface area contributed by atoms with Crippen LogP contribution in [-0.4, -0.2) is 18.0 Å². The minimum Gasteiger partial charge on any atom is -0.449 e. The Morgan fingerprint density at radius 3 is 2.17 bits per heavy atom. The zero-order chi connectivity index (χ0) is 20.4. The third kappa shape index (κ3) is 3.71. The van der Waals surface area contributed by atoms with Crippen LogP contribution in [0.3, 0.4) is 0 Å². The van der Waals surface area contributed by atoms with Crippen LogP contribution in [0.25, 0.3) is 0 Å². The molecule has 1 aliphatic heterocycles. The van der Waals surface area contributed by atoms with Gasteiger partial charge in [-0.3, -0.25) is 9.69 Å². The molecule has 0 spiro atoms. The topological polar surface area (TPSA) is 72.6 Å². The molecule has 0 saturated heterocycles. The summed E-state index contributed by atoms with van der Waals surface area (Å²) in [4.78, 5) is 29.7. The highest BCUT2D eigenvalue weighted by Crippen LogP contribution is 2.48. The van der Waals surface area contributed by atoms with Crippen molar-refractivity contribution < 1.29 is 14.3 Å². The zero-order valence-electron chi connectivity index (χ0n) is 15.9. The minimum atomic E-state index is -0.909. The maximum absolute atomic E-state index is 13.5. The lowest BCUT2D eigenvalue weighted by Crippen LogP contribution is -2.39. The van der Waals surface area contributed by atoms with Crippen molar-refractivity contribution in [2.75, 3.05) is 10.6 Å². The van der Waals surface area contributed by atoms with Crippen molar-refractivity contribution in [2.45, 2.75) is 29.2 Å². The van der Waals surface area contributed by atoms with Gasteiger partial charge in [-0.25, -0.2) is 4.79 Å². The summed E-state index contributed by atoms with van der Waals surface area (Å²) in [5.74, 6) is -0.838. The van der Waals surface area contributed by atoms with Gasteiger partial charge >= 0.3 is 5.97 Å². The number of hydrogen-bond donors (Lipinski definition) is 1. The Kier molecular flexibility index (Phi) is 5.27. The molecule has 1 heterocycles. The SMILES string of the molecule is CCC(OC(=O)c1cccc(N)c1)C(=O)N1c2ccccc2Sc2ccccc21. The lowest BCUT2D eigenvalue weighted by molar-refractivity contribution is -0.126. The number of benzene rings is 3. The fourth-order valence-electron chi connectivity index (χ4n) is 3.26. The molecule has 3 aromatic carbocycles. The number of esters is 1. The van der Waals surface area contributed by atoms with Crippen LogP contribution in [0.2, 0.25) is 0 Å². The average Bonchev–Trinajstić information content (AvgIpc) is 2.75. The first-order valence-corrected chi connectivity index (χ1v) is 10.2. The van der Waals surface area contributed by atoms with Crippen LogP contribution in [0.4, 0.5) is 17.1 Å². The first kappa shape index (κ1) is 19.1. The number of nitrogens with two attached hydrogens (primary N) is 1. The number of fused-ring (bicyclic) bond motifs is 2. The first-order chi connectivity index (χ1) is 14.1. The van der Waals surface area contributed by atoms with Crippen molar-refractivity contribution in [1.29, 1.82) is 0 Å². The molecular weight excluding hydrogens is 384 g/mol. The number of carbonyl (C=O) groups excluding carboxylic acids is 2. The van der Waals surface area contributed by atoms with E-state index < -0.39 is 12.1 Å². The fraction of sp³-hybridized carbons (Fsp3) is 0.130. The average molecular weight is 404 g/mol. The molecule has 1 aliphatic rings. The fourth-order valence-corrected chi connectivity index (χ4v) is 4.32. The van der Waals surface area contributed by atoms with Gasteiger partial charge in [-0.05, 0) is 48.9 Å². The van der Waals surface area contributed by atoms with Crippen LogP contribution < -0.4 is 10.6 Å². The van der Waals surface area contributed by atoms with Gasteiger partial charge in [0.2, 0.25) is 0 Å². The van der Waals surface area contributed by atoms with Crippen LogP contribution in [0.5, 0.6) is 0 Å². The molecule has 6 heteroatoms. The number of nitrogen functional groups attached to an aromatic ring is 1. The molecule has 29 heavy (non-hydrogen) atoms. The molecule has 3 aromatic rings. The Morgan fingerprint density at radius 1 is 0.966 bits per heavy atom. The predicted octanol–water partition coefficient (Wildman–Crippen LogP) is 5.03. The summed E-state index contributed by atoms with van der Waals surface area (Å²) in [5.41, 5.74) is 8.13. The van der Waals surface area contributed by atoms with E-state index in [4.69, 9.17) is 10.5 Å². The Morgan fingerprint density at radius 2 is 1.59 bits per heavy atom. The molecule has 0 fully saturated rings. The number of hydrogen-bond acceptors (Lipinski definition) is 5. The van der Waals surface area contributed by atoms with Gasteiger partial charge in [0.1, 0.15) is 0 Å². The predicted molar refractivity (Wildman–Crippen MR) is 115 cm³/mol. The van der Waals surface area contributed by atoms with Crippen molar-refractivity contribution >= 4 is 40.7 Å². The van der Waals surface area contributed by atoms with Gasteiger partial charge in [-0.2, -0.15) is 0 Å². The summed E-state index contributed by atoms with van der Waals surface area (Å²) in [6.07, 6.45) is -0.547. The van der Waals surface area contributed by atoms with Crippen LogP contribution in [0.15, 0.2) is 82.6 Å². The van der Waals surface area contributed by atoms with E-state index in [2.05, 4.69) is 0 Å². The normalized spacial score (nSPS) is 13.2. The summed E-state index contributed by atoms with van der Waals surface area (Å²) in [5, 5.41) is 0. The maximum atomic E-state index is 13.5. The second-order valence-corrected chi connectivity index (χ2v) is 7.72. The quantitative estimate of drug-likeness (QED) is 0.487. The number of nitrogens with zero attached hydrogens (tertiary/aromatic N) is 1. The van der Waals surface area contributed by atoms with Crippen LogP contribution in [0.1, 0.15) is 23.7 Å². The minimum absolute atomic E-state index is 0.273. The number of anilines is 3. The van der Waals surface area contributed by atoms with E-state index in [1.807, 2.05) is 55.5 Å². The Labute approximate surface area is 173 Å². The van der Waals surface area contributed by atoms with Gasteiger partial charge < -0.3 is 10.5 Å². The largest absolute Gasteiger partial charge is 0.449 e. The molecule has 1 unspecified atom stereocenters. The van der Waals surface area contributed by atoms with Crippen molar-refractivity contribution in [3.63, 3.8) is 0 Å². The van der Waals surface area contributed by atoms with Gasteiger partial charge in [-0.1, -0.05) is 49.0 Å². The Bertz CT molecular complexity index is 1040. The molecule has 0 bridgehead atoms. The molecule has 0 aromatic heterocycles. The lowest BCUT2D eigenvalue weighted by Gasteiger charge is -2.33. The number of ether oxygens (including phenoxy) is 1. The molecule has 146 valence electrons. The van der Waals surface area contributed by atoms with E-state index in [0.717, 1.165) is 21.2 Å². The highest BCUT2D eigenvalue weighted by Gasteiger charge is 2.33. The van der Waals surface area contributed by atoms with Gasteiger partial charge in [0.25, 0.3) is 5.91 Å². The third-order valence-corrected chi connectivity index (χ3v) is 5.80. The van der Waals surface area contributed by atoms with Crippen LogP contribution in [-0.2, 0) is 9.53 Å². The standard InChI is InChI=1S/C23H20N2O3S/c1-2-19(28-23(27)15-8-7-9-16(24)14-15)22(26)25-17-10-3-5-12-20(17)29-21-13-6-4-11-18(21)25/h3-14,19H,2,24H2,1H3. The summed E-state index contributed by atoms with van der Waals surface area (Å²) in [6.45, 7) is 1.83. The molecule has 0 saturated carbocycles. The van der Waals surface area contributed by atoms with Gasteiger partial charge in [0.05, 0.1) is 16.9 Å². The van der Waals surface area contributed by atoms with E-state index in [9.17, 15) is 9.59 Å². The smallest absolute Gasteiger partial charge is 0.338 e. The molecule has 5 nitrogen and oxygen atoms in total. The second kappa shape index (κ2) is 8.01. The number of carbonyl (C=O) groups is 2. The van der Waals surface area contributed by atoms with Crippen molar-refractivity contribution in [3.8, 4) is 0 Å². The summed E-state index contributed by atoms with van der Waals surface area (Å²) >= 11 is 1.62. The summed E-state index contributed by atoms with van der Waals surface area (Å²) in [7, 11) is 0. The van der Waals surface area contributed by atoms with Crippen molar-refractivity contribution in [3.05, 3.63) is 78.4 Å². The van der Waals surface area contributed by atoms with Crippen molar-refractivity contribution in [1.82, 2.24) is 0 Å². The van der Waals surface area contributed by atoms with Gasteiger partial charge in [-0.15, -0.1) is 0 Å². The van der Waals surface area contributed by atoms with Gasteiger partial charge in [0, 0.05) is 15.5 Å². The second-order valence-electron chi connectivity index (χ2n) is 6.64. The molecule has 1 atom stereocenters. The number of amides is 1. The molecule has 0 aliphatic carbocycles. The molecule has 2 N–H and O–H groups in total. The lowest BCUT2D eigenvalue weighted by atomic mass is 10.1. The monoisotopic (exact) mass is 404 g/mol. The molecule has 1 amide bonds. The first-order valence-electron chi connectivity index (χ1n) is 9.35. The van der Waals surface area contributed by atoms with E-state index in [1.54, 1.807) is 40.9 Å². The molecule has 0 radical (unpaired) electrons. The third-order valence-electron chi connectivity index (χ3n) is 4.67. The van der Waals surface area contributed by atoms with E-state index >= 15 is 0 Å². The maximum Gasteiger partial charge on any atom is 0.338 e. The van der Waals surface area contributed by atoms with E-state index in [-0.39, 0.29) is 5.91 Å². The number of para-hydroxylation sites is 2. The molecular formula is C23H20N2O3S. The van der Waals surface area contributed by atoms with Crippen LogP contribution in [0, 0.1) is 0 Å². The van der Waals surface area contributed by atoms with E-state index in [0.29, 0.717) is 17.7 Å². The van der Waals surface area contributed by atoms with Crippen LogP contribution >= 0.6 is 11.8 Å². The van der Waals surface area contributed by atoms with Crippen molar-refractivity contribution in [2.24, 2.45) is 0 Å². The highest BCUT2D eigenvalue weighted by atomic mass is 32.2. The zero-order valence-corrected chi connectivity index (χ0v) is 16.7. The summed E-state index contributed by atoms with van der Waals surface area (Å²) in [6, 6.07) is 22.0. The van der Waals surface area contributed by atoms with E-state index in [1.165, 1.54) is 0 Å². The Balaban J connectivity index is 1.67.